The van der Waals surface area contributed by atoms with E-state index in [-0.39, 0.29) is 10.6 Å². The molecule has 2 rings (SSSR count). The van der Waals surface area contributed by atoms with E-state index >= 15 is 0 Å². The fourth-order valence-electron chi connectivity index (χ4n) is 2.51. The highest BCUT2D eigenvalue weighted by molar-refractivity contribution is 5.39. The van der Waals surface area contributed by atoms with Gasteiger partial charge >= 0.3 is 0 Å². The lowest BCUT2D eigenvalue weighted by Crippen LogP contribution is -2.34. The van der Waals surface area contributed by atoms with Crippen molar-refractivity contribution >= 4 is 5.69 Å². The quantitative estimate of drug-likeness (QED) is 0.427. The molecule has 0 atom stereocenters. The van der Waals surface area contributed by atoms with Crippen LogP contribution in [0.1, 0.15) is 25.3 Å². The van der Waals surface area contributed by atoms with Gasteiger partial charge in [0.15, 0.2) is 0 Å². The third-order valence-electron chi connectivity index (χ3n) is 3.80. The van der Waals surface area contributed by atoms with Gasteiger partial charge in [-0.3, -0.25) is 15.0 Å². The van der Waals surface area contributed by atoms with Gasteiger partial charge in [0.2, 0.25) is 0 Å². The molecule has 110 valence electrons. The molecule has 1 N–H and O–H groups in total. The number of likely N-dealkylation sites (N-methyl/N-ethyl adjacent to an activating group) is 1. The van der Waals surface area contributed by atoms with Gasteiger partial charge in [-0.1, -0.05) is 25.1 Å². The second-order valence-electron chi connectivity index (χ2n) is 5.25. The first kappa shape index (κ1) is 14.9. The van der Waals surface area contributed by atoms with Crippen molar-refractivity contribution < 1.29 is 4.92 Å². The maximum Gasteiger partial charge on any atom is 0.272 e. The molecule has 1 aliphatic carbocycles. The number of rotatable bonds is 9. The Hall–Kier alpha value is -1.46. The average Bonchev–Trinajstić information content (AvgIpc) is 3.27. The predicted octanol–water partition coefficient (Wildman–Crippen LogP) is 2.21. The highest BCUT2D eigenvalue weighted by atomic mass is 16.6. The highest BCUT2D eigenvalue weighted by Crippen LogP contribution is 2.25. The molecule has 1 fully saturated rings. The zero-order valence-corrected chi connectivity index (χ0v) is 12.0. The molecule has 0 bridgehead atoms. The van der Waals surface area contributed by atoms with Crippen LogP contribution in [0.3, 0.4) is 0 Å². The third-order valence-corrected chi connectivity index (χ3v) is 3.80. The van der Waals surface area contributed by atoms with Crippen LogP contribution in [-0.4, -0.2) is 42.0 Å². The first-order chi connectivity index (χ1) is 9.72. The van der Waals surface area contributed by atoms with Crippen LogP contribution in [0.4, 0.5) is 5.69 Å². The van der Waals surface area contributed by atoms with E-state index in [4.69, 9.17) is 0 Å². The van der Waals surface area contributed by atoms with Crippen LogP contribution in [0.2, 0.25) is 0 Å². The van der Waals surface area contributed by atoms with Gasteiger partial charge in [0.25, 0.3) is 5.69 Å². The minimum absolute atomic E-state index is 0.225. The Morgan fingerprint density at radius 2 is 2.10 bits per heavy atom. The lowest BCUT2D eigenvalue weighted by atomic mass is 10.1. The summed E-state index contributed by atoms with van der Waals surface area (Å²) in [6.45, 7) is 6.11. The van der Waals surface area contributed by atoms with Crippen molar-refractivity contribution in [2.24, 2.45) is 0 Å². The maximum atomic E-state index is 10.9. The van der Waals surface area contributed by atoms with Crippen molar-refractivity contribution in [2.45, 2.75) is 32.2 Å². The van der Waals surface area contributed by atoms with Crippen molar-refractivity contribution in [2.75, 3.05) is 26.2 Å². The fourth-order valence-corrected chi connectivity index (χ4v) is 2.51. The van der Waals surface area contributed by atoms with E-state index in [1.807, 2.05) is 12.1 Å². The van der Waals surface area contributed by atoms with Gasteiger partial charge in [0.1, 0.15) is 0 Å². The van der Waals surface area contributed by atoms with Crippen molar-refractivity contribution in [3.8, 4) is 0 Å². The number of nitro benzene ring substituents is 1. The van der Waals surface area contributed by atoms with Gasteiger partial charge < -0.3 is 5.32 Å². The second-order valence-corrected chi connectivity index (χ2v) is 5.25. The first-order valence-corrected chi connectivity index (χ1v) is 7.39. The molecular weight excluding hydrogens is 254 g/mol. The molecule has 20 heavy (non-hydrogen) atoms. The Balaban J connectivity index is 1.69. The van der Waals surface area contributed by atoms with E-state index < -0.39 is 0 Å². The summed E-state index contributed by atoms with van der Waals surface area (Å²) in [7, 11) is 0. The predicted molar refractivity (Wildman–Crippen MR) is 79.9 cm³/mol. The average molecular weight is 277 g/mol. The van der Waals surface area contributed by atoms with Gasteiger partial charge in [-0.25, -0.2) is 0 Å². The van der Waals surface area contributed by atoms with E-state index in [1.165, 1.54) is 12.8 Å². The van der Waals surface area contributed by atoms with Gasteiger partial charge in [-0.15, -0.1) is 0 Å². The molecule has 0 spiro atoms. The molecule has 0 saturated heterocycles. The minimum Gasteiger partial charge on any atom is -0.315 e. The van der Waals surface area contributed by atoms with Gasteiger partial charge in [-0.2, -0.15) is 0 Å². The monoisotopic (exact) mass is 277 g/mol. The van der Waals surface area contributed by atoms with Crippen LogP contribution >= 0.6 is 0 Å². The number of hydrogen-bond donors (Lipinski definition) is 1. The largest absolute Gasteiger partial charge is 0.315 e. The van der Waals surface area contributed by atoms with Crippen molar-refractivity contribution in [1.82, 2.24) is 10.2 Å². The van der Waals surface area contributed by atoms with E-state index in [9.17, 15) is 10.1 Å². The van der Waals surface area contributed by atoms with Crippen LogP contribution < -0.4 is 5.32 Å². The summed E-state index contributed by atoms with van der Waals surface area (Å²) < 4.78 is 0. The summed E-state index contributed by atoms with van der Waals surface area (Å²) in [5.41, 5.74) is 1.03. The summed E-state index contributed by atoms with van der Waals surface area (Å²) in [4.78, 5) is 13.1. The summed E-state index contributed by atoms with van der Waals surface area (Å²) in [6, 6.07) is 7.78. The Morgan fingerprint density at radius 1 is 1.35 bits per heavy atom. The van der Waals surface area contributed by atoms with Crippen LogP contribution in [0.15, 0.2) is 24.3 Å². The van der Waals surface area contributed by atoms with Crippen LogP contribution in [0.5, 0.6) is 0 Å². The van der Waals surface area contributed by atoms with Crippen molar-refractivity contribution in [3.05, 3.63) is 39.9 Å². The lowest BCUT2D eigenvalue weighted by molar-refractivity contribution is -0.385. The standard InChI is InChI=1S/C15H23N3O2/c1-2-17(14-7-8-14)12-11-16-10-9-13-5-3-4-6-15(13)18(19)20/h3-6,14,16H,2,7-12H2,1H3. The number of benzene rings is 1. The summed E-state index contributed by atoms with van der Waals surface area (Å²) in [5, 5.41) is 14.3. The topological polar surface area (TPSA) is 58.4 Å². The van der Waals surface area contributed by atoms with Crippen LogP contribution in [-0.2, 0) is 6.42 Å². The molecule has 1 aromatic rings. The highest BCUT2D eigenvalue weighted by Gasteiger charge is 2.26. The third kappa shape index (κ3) is 4.28. The zero-order valence-electron chi connectivity index (χ0n) is 12.0. The Bertz CT molecular complexity index is 446. The molecule has 0 unspecified atom stereocenters. The van der Waals surface area contributed by atoms with Gasteiger partial charge in [-0.05, 0) is 32.4 Å². The summed E-state index contributed by atoms with van der Waals surface area (Å²) >= 11 is 0. The van der Waals surface area contributed by atoms with Gasteiger partial charge in [0, 0.05) is 30.8 Å². The van der Waals surface area contributed by atoms with Crippen molar-refractivity contribution in [1.29, 1.82) is 0 Å². The minimum atomic E-state index is -0.304. The molecule has 5 heteroatoms. The molecule has 5 nitrogen and oxygen atoms in total. The summed E-state index contributed by atoms with van der Waals surface area (Å²) in [5.74, 6) is 0. The van der Waals surface area contributed by atoms with Crippen LogP contribution in [0, 0.1) is 10.1 Å². The second kappa shape index (κ2) is 7.36. The first-order valence-electron chi connectivity index (χ1n) is 7.39. The van der Waals surface area contributed by atoms with Crippen molar-refractivity contribution in [3.63, 3.8) is 0 Å². The number of nitro groups is 1. The normalized spacial score (nSPS) is 14.7. The van der Waals surface area contributed by atoms with E-state index in [2.05, 4.69) is 17.1 Å². The van der Waals surface area contributed by atoms with E-state index in [0.29, 0.717) is 6.42 Å². The maximum absolute atomic E-state index is 10.9. The molecular formula is C15H23N3O2. The Kier molecular flexibility index (Phi) is 5.49. The number of para-hydroxylation sites is 1. The fraction of sp³-hybridized carbons (Fsp3) is 0.600. The molecule has 0 aromatic heterocycles. The molecule has 1 aliphatic rings. The number of nitrogens with zero attached hydrogens (tertiary/aromatic N) is 2. The number of hydrogen-bond acceptors (Lipinski definition) is 4. The number of nitrogens with one attached hydrogen (secondary N) is 1. The molecule has 1 aromatic carbocycles. The SMILES string of the molecule is CCN(CCNCCc1ccccc1[N+](=O)[O-])C1CC1. The zero-order chi connectivity index (χ0) is 14.4. The molecule has 0 heterocycles. The lowest BCUT2D eigenvalue weighted by Gasteiger charge is -2.19. The Morgan fingerprint density at radius 3 is 2.75 bits per heavy atom. The smallest absolute Gasteiger partial charge is 0.272 e. The summed E-state index contributed by atoms with van der Waals surface area (Å²) in [6.07, 6.45) is 3.38. The molecule has 0 radical (unpaired) electrons. The molecule has 0 aliphatic heterocycles. The molecule has 0 amide bonds. The van der Waals surface area contributed by atoms with Gasteiger partial charge in [0.05, 0.1) is 4.92 Å². The van der Waals surface area contributed by atoms with E-state index in [1.54, 1.807) is 12.1 Å². The van der Waals surface area contributed by atoms with Crippen LogP contribution in [0.25, 0.3) is 0 Å². The van der Waals surface area contributed by atoms with E-state index in [0.717, 1.165) is 37.8 Å². The Labute approximate surface area is 120 Å². The molecule has 1 saturated carbocycles.